The van der Waals surface area contributed by atoms with E-state index < -0.39 is 0 Å². The molecule has 3 rings (SSSR count). The molecule has 1 fully saturated rings. The van der Waals surface area contributed by atoms with Crippen LogP contribution >= 0.6 is 12.4 Å². The maximum Gasteiger partial charge on any atom is 0.230 e. The van der Waals surface area contributed by atoms with Crippen molar-refractivity contribution in [1.82, 2.24) is 10.1 Å². The molecular weight excluding hydrogens is 226 g/mol. The quantitative estimate of drug-likeness (QED) is 0.816. The van der Waals surface area contributed by atoms with Crippen LogP contribution in [0, 0.1) is 0 Å². The maximum atomic E-state index is 5.69. The van der Waals surface area contributed by atoms with Crippen LogP contribution in [0.2, 0.25) is 0 Å². The predicted octanol–water partition coefficient (Wildman–Crippen LogP) is 2.62. The van der Waals surface area contributed by atoms with Gasteiger partial charge in [-0.2, -0.15) is 4.98 Å². The monoisotopic (exact) mass is 237 g/mol. The zero-order valence-corrected chi connectivity index (χ0v) is 9.41. The van der Waals surface area contributed by atoms with Gasteiger partial charge in [0.2, 0.25) is 11.7 Å². The molecule has 0 bridgehead atoms. The van der Waals surface area contributed by atoms with Crippen molar-refractivity contribution in [2.24, 2.45) is 0 Å². The SMILES string of the molecule is Cl.Nc1cccc(-c2noc(C3CC3)n2)c1. The Hall–Kier alpha value is -1.55. The molecule has 1 aromatic carbocycles. The second kappa shape index (κ2) is 4.14. The van der Waals surface area contributed by atoms with Gasteiger partial charge in [0.25, 0.3) is 0 Å². The first-order valence-corrected chi connectivity index (χ1v) is 5.02. The molecule has 0 saturated heterocycles. The van der Waals surface area contributed by atoms with E-state index in [0.29, 0.717) is 17.4 Å². The third-order valence-electron chi connectivity index (χ3n) is 2.51. The summed E-state index contributed by atoms with van der Waals surface area (Å²) >= 11 is 0. The van der Waals surface area contributed by atoms with Crippen LogP contribution < -0.4 is 5.73 Å². The fraction of sp³-hybridized carbons (Fsp3) is 0.273. The lowest BCUT2D eigenvalue weighted by atomic mass is 10.2. The molecule has 0 spiro atoms. The Bertz CT molecular complexity index is 493. The van der Waals surface area contributed by atoms with E-state index in [-0.39, 0.29) is 12.4 Å². The number of anilines is 1. The van der Waals surface area contributed by atoms with E-state index >= 15 is 0 Å². The van der Waals surface area contributed by atoms with E-state index in [1.165, 1.54) is 12.8 Å². The summed E-state index contributed by atoms with van der Waals surface area (Å²) in [5.74, 6) is 1.88. The fourth-order valence-corrected chi connectivity index (χ4v) is 1.53. The Morgan fingerprint density at radius 3 is 2.81 bits per heavy atom. The van der Waals surface area contributed by atoms with Crippen LogP contribution in [-0.2, 0) is 0 Å². The second-order valence-electron chi connectivity index (χ2n) is 3.86. The van der Waals surface area contributed by atoms with Crippen LogP contribution in [-0.4, -0.2) is 10.1 Å². The number of benzene rings is 1. The average Bonchev–Trinajstić information content (AvgIpc) is 2.97. The molecule has 1 aliphatic carbocycles. The molecule has 0 radical (unpaired) electrons. The summed E-state index contributed by atoms with van der Waals surface area (Å²) in [6.45, 7) is 0. The topological polar surface area (TPSA) is 64.9 Å². The number of nitrogen functional groups attached to an aromatic ring is 1. The highest BCUT2D eigenvalue weighted by atomic mass is 35.5. The van der Waals surface area contributed by atoms with Gasteiger partial charge in [0, 0.05) is 17.2 Å². The minimum Gasteiger partial charge on any atom is -0.399 e. The molecule has 0 atom stereocenters. The van der Waals surface area contributed by atoms with Crippen molar-refractivity contribution in [3.63, 3.8) is 0 Å². The minimum atomic E-state index is 0. The fourth-order valence-electron chi connectivity index (χ4n) is 1.53. The number of rotatable bonds is 2. The van der Waals surface area contributed by atoms with E-state index in [9.17, 15) is 0 Å². The molecule has 2 N–H and O–H groups in total. The number of hydrogen-bond donors (Lipinski definition) is 1. The third-order valence-corrected chi connectivity index (χ3v) is 2.51. The summed E-state index contributed by atoms with van der Waals surface area (Å²) in [5.41, 5.74) is 7.31. The van der Waals surface area contributed by atoms with Gasteiger partial charge in [-0.3, -0.25) is 0 Å². The van der Waals surface area contributed by atoms with Crippen molar-refractivity contribution in [2.45, 2.75) is 18.8 Å². The third kappa shape index (κ3) is 2.02. The average molecular weight is 238 g/mol. The molecule has 5 heteroatoms. The Morgan fingerprint density at radius 2 is 2.12 bits per heavy atom. The Kier molecular flexibility index (Phi) is 2.83. The zero-order chi connectivity index (χ0) is 10.3. The maximum absolute atomic E-state index is 5.69. The van der Waals surface area contributed by atoms with Crippen molar-refractivity contribution < 1.29 is 4.52 Å². The normalized spacial score (nSPS) is 14.5. The number of aromatic nitrogens is 2. The molecule has 84 valence electrons. The summed E-state index contributed by atoms with van der Waals surface area (Å²) in [6.07, 6.45) is 2.33. The van der Waals surface area contributed by atoms with Gasteiger partial charge < -0.3 is 10.3 Å². The zero-order valence-electron chi connectivity index (χ0n) is 8.59. The smallest absolute Gasteiger partial charge is 0.230 e. The molecule has 16 heavy (non-hydrogen) atoms. The van der Waals surface area contributed by atoms with Crippen LogP contribution in [0.4, 0.5) is 5.69 Å². The van der Waals surface area contributed by atoms with Gasteiger partial charge in [0.1, 0.15) is 0 Å². The Morgan fingerprint density at radius 1 is 1.31 bits per heavy atom. The van der Waals surface area contributed by atoms with Gasteiger partial charge in [0.05, 0.1) is 0 Å². The van der Waals surface area contributed by atoms with E-state index in [4.69, 9.17) is 10.3 Å². The highest BCUT2D eigenvalue weighted by molar-refractivity contribution is 5.85. The van der Waals surface area contributed by atoms with Crippen LogP contribution in [0.5, 0.6) is 0 Å². The van der Waals surface area contributed by atoms with Crippen LogP contribution in [0.3, 0.4) is 0 Å². The van der Waals surface area contributed by atoms with Gasteiger partial charge in [-0.25, -0.2) is 0 Å². The number of halogens is 1. The molecule has 1 heterocycles. The first-order chi connectivity index (χ1) is 7.33. The Labute approximate surface area is 99.3 Å². The molecule has 0 aliphatic heterocycles. The second-order valence-corrected chi connectivity index (χ2v) is 3.86. The number of hydrogen-bond acceptors (Lipinski definition) is 4. The highest BCUT2D eigenvalue weighted by Crippen LogP contribution is 2.39. The summed E-state index contributed by atoms with van der Waals surface area (Å²) < 4.78 is 5.18. The molecule has 1 saturated carbocycles. The van der Waals surface area contributed by atoms with Gasteiger partial charge >= 0.3 is 0 Å². The van der Waals surface area contributed by atoms with Crippen LogP contribution in [0.15, 0.2) is 28.8 Å². The lowest BCUT2D eigenvalue weighted by Gasteiger charge is -1.95. The lowest BCUT2D eigenvalue weighted by Crippen LogP contribution is -1.86. The predicted molar refractivity (Wildman–Crippen MR) is 63.4 cm³/mol. The van der Waals surface area contributed by atoms with Gasteiger partial charge in [-0.05, 0) is 25.0 Å². The molecule has 1 aliphatic rings. The lowest BCUT2D eigenvalue weighted by molar-refractivity contribution is 0.380. The van der Waals surface area contributed by atoms with E-state index in [2.05, 4.69) is 10.1 Å². The van der Waals surface area contributed by atoms with Gasteiger partial charge in [0.15, 0.2) is 0 Å². The standard InChI is InChI=1S/C11H11N3O.ClH/c12-9-3-1-2-8(6-9)10-13-11(15-14-10)7-4-5-7;/h1-3,6-7H,4-5,12H2;1H. The van der Waals surface area contributed by atoms with Crippen molar-refractivity contribution in [2.75, 3.05) is 5.73 Å². The molecular formula is C11H12ClN3O. The van der Waals surface area contributed by atoms with Crippen molar-refractivity contribution in [3.05, 3.63) is 30.2 Å². The van der Waals surface area contributed by atoms with E-state index in [1.807, 2.05) is 24.3 Å². The summed E-state index contributed by atoms with van der Waals surface area (Å²) in [6, 6.07) is 7.50. The highest BCUT2D eigenvalue weighted by Gasteiger charge is 2.29. The first kappa shape index (κ1) is 11.0. The summed E-state index contributed by atoms with van der Waals surface area (Å²) in [7, 11) is 0. The molecule has 4 nitrogen and oxygen atoms in total. The number of nitrogens with zero attached hydrogens (tertiary/aromatic N) is 2. The largest absolute Gasteiger partial charge is 0.399 e. The van der Waals surface area contributed by atoms with Crippen LogP contribution in [0.1, 0.15) is 24.7 Å². The minimum absolute atomic E-state index is 0. The molecule has 0 amide bonds. The van der Waals surface area contributed by atoms with Crippen molar-refractivity contribution in [1.29, 1.82) is 0 Å². The number of nitrogens with two attached hydrogens (primary N) is 1. The summed E-state index contributed by atoms with van der Waals surface area (Å²) in [4.78, 5) is 4.35. The van der Waals surface area contributed by atoms with E-state index in [0.717, 1.165) is 11.5 Å². The molecule has 0 unspecified atom stereocenters. The summed E-state index contributed by atoms with van der Waals surface area (Å²) in [5, 5.41) is 3.95. The van der Waals surface area contributed by atoms with Crippen molar-refractivity contribution in [3.8, 4) is 11.4 Å². The van der Waals surface area contributed by atoms with E-state index in [1.54, 1.807) is 0 Å². The van der Waals surface area contributed by atoms with Crippen LogP contribution in [0.25, 0.3) is 11.4 Å². The van der Waals surface area contributed by atoms with Gasteiger partial charge in [-0.1, -0.05) is 17.3 Å². The molecule has 1 aromatic heterocycles. The van der Waals surface area contributed by atoms with Crippen molar-refractivity contribution >= 4 is 18.1 Å². The first-order valence-electron chi connectivity index (χ1n) is 5.02. The van der Waals surface area contributed by atoms with Gasteiger partial charge in [-0.15, -0.1) is 12.4 Å². The molecule has 2 aromatic rings. The Balaban J connectivity index is 0.000000963.